The molecule has 1 amide bonds. The number of carbonyl (C=O) groups excluding carboxylic acids is 2. The van der Waals surface area contributed by atoms with Crippen molar-refractivity contribution in [3.05, 3.63) is 75.3 Å². The van der Waals surface area contributed by atoms with Gasteiger partial charge in [0.1, 0.15) is 0 Å². The predicted molar refractivity (Wildman–Crippen MR) is 139 cm³/mol. The van der Waals surface area contributed by atoms with Gasteiger partial charge >= 0.3 is 5.97 Å². The number of nitrogens with zero attached hydrogens (tertiary/aromatic N) is 2. The highest BCUT2D eigenvalue weighted by Crippen LogP contribution is 2.44. The molecule has 0 saturated heterocycles. The van der Waals surface area contributed by atoms with Gasteiger partial charge in [-0.25, -0.2) is 5.01 Å². The summed E-state index contributed by atoms with van der Waals surface area (Å²) in [5.74, 6) is -0.0396. The molecule has 1 aliphatic carbocycles. The number of amides is 1. The number of esters is 1. The second-order valence-electron chi connectivity index (χ2n) is 8.24. The van der Waals surface area contributed by atoms with Crippen LogP contribution in [0.15, 0.2) is 59.2 Å². The first-order chi connectivity index (χ1) is 16.5. The van der Waals surface area contributed by atoms with E-state index < -0.39 is 0 Å². The number of halogens is 2. The average molecular weight is 517 g/mol. The van der Waals surface area contributed by atoms with Crippen LogP contribution in [0.25, 0.3) is 6.08 Å². The van der Waals surface area contributed by atoms with Gasteiger partial charge in [-0.2, -0.15) is 5.10 Å². The molecule has 1 aliphatic heterocycles. The van der Waals surface area contributed by atoms with Crippen LogP contribution in [0.2, 0.25) is 10.0 Å². The molecule has 178 valence electrons. The summed E-state index contributed by atoms with van der Waals surface area (Å²) in [5.41, 5.74) is 4.17. The van der Waals surface area contributed by atoms with Crippen LogP contribution < -0.4 is 0 Å². The Kier molecular flexibility index (Phi) is 8.35. The maximum atomic E-state index is 13.3. The highest BCUT2D eigenvalue weighted by atomic mass is 35.5. The van der Waals surface area contributed by atoms with E-state index >= 15 is 0 Å². The molecule has 0 radical (unpaired) electrons. The van der Waals surface area contributed by atoms with E-state index in [2.05, 4.69) is 6.08 Å². The van der Waals surface area contributed by atoms with E-state index in [1.165, 1.54) is 11.8 Å². The lowest BCUT2D eigenvalue weighted by molar-refractivity contribution is -0.139. The van der Waals surface area contributed by atoms with Crippen molar-refractivity contribution >= 4 is 58.6 Å². The van der Waals surface area contributed by atoms with Crippen LogP contribution in [0.5, 0.6) is 0 Å². The zero-order chi connectivity index (χ0) is 24.1. The molecule has 8 heteroatoms. The Hall–Kier alpha value is -2.28. The van der Waals surface area contributed by atoms with Crippen molar-refractivity contribution in [3.8, 4) is 0 Å². The maximum absolute atomic E-state index is 13.3. The van der Waals surface area contributed by atoms with Crippen LogP contribution in [0.1, 0.15) is 43.4 Å². The molecular formula is C26H26Cl2N2O3S. The molecule has 0 spiro atoms. The predicted octanol–water partition coefficient (Wildman–Crippen LogP) is 6.41. The summed E-state index contributed by atoms with van der Waals surface area (Å²) in [6.45, 7) is 2.10. The maximum Gasteiger partial charge on any atom is 0.315 e. The lowest BCUT2D eigenvalue weighted by Crippen LogP contribution is -2.33. The van der Waals surface area contributed by atoms with E-state index in [0.717, 1.165) is 41.7 Å². The van der Waals surface area contributed by atoms with Gasteiger partial charge in [-0.3, -0.25) is 9.59 Å². The lowest BCUT2D eigenvalue weighted by atomic mass is 9.77. The standard InChI is InChI=1S/C26H26Cl2N2O3S/c1-2-33-24(32)16-34-15-23(31)30-26(18-8-12-21(28)13-9-18)22-5-3-4-19(25(22)29-30)14-17-6-10-20(27)11-7-17/h6-14,22,26H,2-5,15-16H2,1H3/b19-14-/t22-,26+/m1/s1. The Morgan fingerprint density at radius 2 is 1.76 bits per heavy atom. The molecule has 2 aromatic rings. The third-order valence-electron chi connectivity index (χ3n) is 5.93. The number of carbonyl (C=O) groups is 2. The van der Waals surface area contributed by atoms with E-state index in [1.807, 2.05) is 48.5 Å². The summed E-state index contributed by atoms with van der Waals surface area (Å²) in [6.07, 6.45) is 5.02. The van der Waals surface area contributed by atoms with Crippen LogP contribution in [-0.4, -0.2) is 40.7 Å². The van der Waals surface area contributed by atoms with Crippen molar-refractivity contribution in [2.75, 3.05) is 18.1 Å². The first-order valence-corrected chi connectivity index (χ1v) is 13.2. The molecule has 34 heavy (non-hydrogen) atoms. The average Bonchev–Trinajstić information content (AvgIpc) is 3.22. The van der Waals surface area contributed by atoms with Crippen molar-refractivity contribution in [2.45, 2.75) is 32.2 Å². The number of benzene rings is 2. The third kappa shape index (κ3) is 5.85. The largest absolute Gasteiger partial charge is 0.465 e. The van der Waals surface area contributed by atoms with Gasteiger partial charge in [0.15, 0.2) is 0 Å². The summed E-state index contributed by atoms with van der Waals surface area (Å²) in [5, 5.41) is 7.82. The molecule has 1 heterocycles. The molecule has 1 fully saturated rings. The van der Waals surface area contributed by atoms with Gasteiger partial charge in [0.05, 0.1) is 29.9 Å². The van der Waals surface area contributed by atoms with Gasteiger partial charge < -0.3 is 4.74 Å². The zero-order valence-electron chi connectivity index (χ0n) is 18.9. The van der Waals surface area contributed by atoms with Gasteiger partial charge in [-0.1, -0.05) is 47.5 Å². The molecule has 2 aliphatic rings. The molecule has 0 bridgehead atoms. The fourth-order valence-electron chi connectivity index (χ4n) is 4.45. The Balaban J connectivity index is 1.61. The number of ether oxygens (including phenoxy) is 1. The quantitative estimate of drug-likeness (QED) is 0.398. The number of hydrogen-bond donors (Lipinski definition) is 0. The smallest absolute Gasteiger partial charge is 0.315 e. The summed E-state index contributed by atoms with van der Waals surface area (Å²) >= 11 is 13.4. The van der Waals surface area contributed by atoms with Gasteiger partial charge in [-0.15, -0.1) is 11.8 Å². The summed E-state index contributed by atoms with van der Waals surface area (Å²) in [4.78, 5) is 24.9. The summed E-state index contributed by atoms with van der Waals surface area (Å²) < 4.78 is 4.97. The fourth-order valence-corrected chi connectivity index (χ4v) is 5.36. The van der Waals surface area contributed by atoms with Crippen molar-refractivity contribution in [1.82, 2.24) is 5.01 Å². The summed E-state index contributed by atoms with van der Waals surface area (Å²) in [7, 11) is 0. The van der Waals surface area contributed by atoms with Crippen molar-refractivity contribution < 1.29 is 14.3 Å². The normalized spacial score (nSPS) is 20.7. The number of allylic oxidation sites excluding steroid dienone is 1. The molecule has 0 N–H and O–H groups in total. The number of hydrogen-bond acceptors (Lipinski definition) is 5. The Morgan fingerprint density at radius 3 is 2.44 bits per heavy atom. The SMILES string of the molecule is CCOC(=O)CSCC(=O)N1N=C2/C(=C\c3ccc(Cl)cc3)CCC[C@H]2[C@@H]1c1ccc(Cl)cc1. The molecule has 2 atom stereocenters. The molecule has 0 unspecified atom stereocenters. The minimum atomic E-state index is -0.316. The fraction of sp³-hybridized carbons (Fsp3) is 0.346. The second-order valence-corrected chi connectivity index (χ2v) is 10.1. The van der Waals surface area contributed by atoms with Crippen LogP contribution in [0, 0.1) is 5.92 Å². The Morgan fingerprint density at radius 1 is 1.09 bits per heavy atom. The first kappa shape index (κ1) is 24.8. The monoisotopic (exact) mass is 516 g/mol. The van der Waals surface area contributed by atoms with Gasteiger partial charge in [-0.05, 0) is 73.2 Å². The minimum absolute atomic E-state index is 0.104. The van der Waals surface area contributed by atoms with Crippen LogP contribution in [0.4, 0.5) is 0 Å². The number of thioether (sulfide) groups is 1. The van der Waals surface area contributed by atoms with E-state index in [0.29, 0.717) is 16.7 Å². The molecule has 5 nitrogen and oxygen atoms in total. The van der Waals surface area contributed by atoms with Crippen molar-refractivity contribution in [2.24, 2.45) is 11.0 Å². The van der Waals surface area contributed by atoms with Gasteiger partial charge in [0.25, 0.3) is 5.91 Å². The van der Waals surface area contributed by atoms with Gasteiger partial charge in [0.2, 0.25) is 0 Å². The van der Waals surface area contributed by atoms with Crippen molar-refractivity contribution in [3.63, 3.8) is 0 Å². The number of fused-ring (bicyclic) bond motifs is 1. The third-order valence-corrected chi connectivity index (χ3v) is 7.33. The molecule has 0 aromatic heterocycles. The van der Waals surface area contributed by atoms with Crippen LogP contribution in [0.3, 0.4) is 0 Å². The molecule has 2 aromatic carbocycles. The number of rotatable bonds is 7. The molecule has 1 saturated carbocycles. The number of hydrazone groups is 1. The van der Waals surface area contributed by atoms with E-state index in [9.17, 15) is 9.59 Å². The molecular weight excluding hydrogens is 491 g/mol. The lowest BCUT2D eigenvalue weighted by Gasteiger charge is -2.29. The highest BCUT2D eigenvalue weighted by Gasteiger charge is 2.43. The Bertz CT molecular complexity index is 1100. The summed E-state index contributed by atoms with van der Waals surface area (Å²) in [6, 6.07) is 15.1. The topological polar surface area (TPSA) is 59.0 Å². The molecule has 4 rings (SSSR count). The van der Waals surface area contributed by atoms with Crippen molar-refractivity contribution in [1.29, 1.82) is 0 Å². The van der Waals surface area contributed by atoms with Crippen LogP contribution >= 0.6 is 35.0 Å². The van der Waals surface area contributed by atoms with Crippen LogP contribution in [-0.2, 0) is 14.3 Å². The zero-order valence-corrected chi connectivity index (χ0v) is 21.2. The van der Waals surface area contributed by atoms with E-state index in [4.69, 9.17) is 33.0 Å². The minimum Gasteiger partial charge on any atom is -0.465 e. The van der Waals surface area contributed by atoms with E-state index in [1.54, 1.807) is 11.9 Å². The van der Waals surface area contributed by atoms with Gasteiger partial charge in [0, 0.05) is 16.0 Å². The second kappa shape index (κ2) is 11.4. The first-order valence-electron chi connectivity index (χ1n) is 11.3. The Labute approximate surface area is 214 Å². The highest BCUT2D eigenvalue weighted by molar-refractivity contribution is 8.00. The van der Waals surface area contributed by atoms with E-state index in [-0.39, 0.29) is 35.3 Å².